The van der Waals surface area contributed by atoms with Gasteiger partial charge in [-0.05, 0) is 11.1 Å². The second-order valence-corrected chi connectivity index (χ2v) is 12.9. The molecule has 2 N–H and O–H groups in total. The molecule has 210 valence electrons. The van der Waals surface area contributed by atoms with Crippen molar-refractivity contribution in [3.63, 3.8) is 0 Å². The van der Waals surface area contributed by atoms with Crippen LogP contribution in [-0.4, -0.2) is 82.1 Å². The van der Waals surface area contributed by atoms with E-state index in [9.17, 15) is 19.8 Å². The molecular weight excluding hydrogens is 561 g/mol. The molecule has 0 heterocycles. The number of aliphatic hydroxyl groups excluding tert-OH is 2. The van der Waals surface area contributed by atoms with Crippen LogP contribution in [0.5, 0.6) is 0 Å². The molecule has 0 aliphatic rings. The van der Waals surface area contributed by atoms with Gasteiger partial charge in [0.2, 0.25) is 0 Å². The summed E-state index contributed by atoms with van der Waals surface area (Å²) in [4.78, 5) is 23.7. The summed E-state index contributed by atoms with van der Waals surface area (Å²) in [7, 11) is 0. The lowest BCUT2D eigenvalue weighted by Crippen LogP contribution is -2.22. The van der Waals surface area contributed by atoms with Gasteiger partial charge < -0.3 is 19.7 Å². The fourth-order valence-corrected chi connectivity index (χ4v) is 6.79. The van der Waals surface area contributed by atoms with Gasteiger partial charge in [-0.2, -0.15) is 47.0 Å². The normalized spacial score (nSPS) is 12.6. The lowest BCUT2D eigenvalue weighted by molar-refractivity contribution is -0.146. The summed E-state index contributed by atoms with van der Waals surface area (Å²) in [5, 5.41) is 20.0. The fourth-order valence-electron chi connectivity index (χ4n) is 3.01. The molecule has 0 radical (unpaired) electrons. The van der Waals surface area contributed by atoms with E-state index < -0.39 is 12.2 Å². The van der Waals surface area contributed by atoms with E-state index in [1.54, 1.807) is 47.0 Å². The molecule has 0 aliphatic heterocycles. The van der Waals surface area contributed by atoms with Crippen LogP contribution < -0.4 is 0 Å². The highest BCUT2D eigenvalue weighted by Gasteiger charge is 2.11. The van der Waals surface area contributed by atoms with Crippen LogP contribution in [0.25, 0.3) is 0 Å². The first-order valence-corrected chi connectivity index (χ1v) is 17.2. The quantitative estimate of drug-likeness (QED) is 0.153. The van der Waals surface area contributed by atoms with Crippen LogP contribution in [0.2, 0.25) is 0 Å². The van der Waals surface area contributed by atoms with Crippen LogP contribution in [-0.2, 0) is 30.6 Å². The largest absolute Gasteiger partial charge is 0.463 e. The molecule has 2 atom stereocenters. The van der Waals surface area contributed by atoms with E-state index in [4.69, 9.17) is 9.47 Å². The second kappa shape index (κ2) is 21.5. The molecular formula is C28H38O6S4. The number of thioether (sulfide) groups is 4. The minimum Gasteiger partial charge on any atom is -0.463 e. The molecule has 0 saturated heterocycles. The Balaban J connectivity index is 1.36. The third kappa shape index (κ3) is 17.3. The molecule has 2 aromatic rings. The highest BCUT2D eigenvalue weighted by Crippen LogP contribution is 2.15. The maximum absolute atomic E-state index is 11.8. The average molecular weight is 599 g/mol. The summed E-state index contributed by atoms with van der Waals surface area (Å²) in [5.41, 5.74) is 2.46. The zero-order chi connectivity index (χ0) is 27.3. The minimum absolute atomic E-state index is 0.0111. The Hall–Kier alpha value is -1.30. The maximum Gasteiger partial charge on any atom is 0.306 e. The number of carbonyl (C=O) groups excluding carboxylic acids is 2. The summed E-state index contributed by atoms with van der Waals surface area (Å²) in [6, 6.07) is 20.2. The van der Waals surface area contributed by atoms with E-state index in [0.717, 1.165) is 23.0 Å². The summed E-state index contributed by atoms with van der Waals surface area (Å²) >= 11 is 6.53. The number of aliphatic hydroxyl groups is 2. The Bertz CT molecular complexity index is 814. The standard InChI is InChI=1S/C28H38O6S4/c29-25(17-33-27(31)11-13-35-19-23-7-3-1-4-8-23)21-37-15-16-38-22-26(30)18-34-28(32)12-14-36-20-24-9-5-2-6-10-24/h1-10,25-26,29-30H,11-22H2. The summed E-state index contributed by atoms with van der Waals surface area (Å²) in [6.45, 7) is 0.0222. The van der Waals surface area contributed by atoms with Crippen molar-refractivity contribution in [3.8, 4) is 0 Å². The van der Waals surface area contributed by atoms with Crippen LogP contribution in [0.1, 0.15) is 24.0 Å². The van der Waals surface area contributed by atoms with Gasteiger partial charge >= 0.3 is 11.9 Å². The van der Waals surface area contributed by atoms with Crippen LogP contribution in [0.4, 0.5) is 0 Å². The van der Waals surface area contributed by atoms with Crippen molar-refractivity contribution in [1.82, 2.24) is 0 Å². The Morgan fingerprint density at radius 1 is 0.605 bits per heavy atom. The van der Waals surface area contributed by atoms with Crippen LogP contribution in [0.15, 0.2) is 60.7 Å². The molecule has 0 bridgehead atoms. The minimum atomic E-state index is -0.693. The Morgan fingerprint density at radius 2 is 1.00 bits per heavy atom. The molecule has 2 rings (SSSR count). The zero-order valence-corrected chi connectivity index (χ0v) is 24.8. The first kappa shape index (κ1) is 32.9. The SMILES string of the molecule is O=C(CCSCc1ccccc1)OCC(O)CSCCSCC(O)COC(=O)CCSCc1ccccc1. The lowest BCUT2D eigenvalue weighted by Gasteiger charge is -2.12. The third-order valence-corrected chi connectivity index (χ3v) is 9.54. The molecule has 2 unspecified atom stereocenters. The molecule has 0 amide bonds. The highest BCUT2D eigenvalue weighted by molar-refractivity contribution is 8.03. The Labute approximate surface area is 243 Å². The number of rotatable bonds is 21. The van der Waals surface area contributed by atoms with E-state index in [-0.39, 0.29) is 25.2 Å². The second-order valence-electron chi connectivity index (χ2n) is 8.40. The molecule has 2 aromatic carbocycles. The number of hydrogen-bond acceptors (Lipinski definition) is 10. The van der Waals surface area contributed by atoms with Crippen molar-refractivity contribution in [2.75, 3.05) is 47.7 Å². The zero-order valence-electron chi connectivity index (χ0n) is 21.6. The van der Waals surface area contributed by atoms with Gasteiger partial charge in [-0.1, -0.05) is 60.7 Å². The van der Waals surface area contributed by atoms with E-state index in [2.05, 4.69) is 24.3 Å². The van der Waals surface area contributed by atoms with Crippen LogP contribution in [0.3, 0.4) is 0 Å². The average Bonchev–Trinajstić information content (AvgIpc) is 2.94. The van der Waals surface area contributed by atoms with Gasteiger partial charge in [0.25, 0.3) is 0 Å². The summed E-state index contributed by atoms with van der Waals surface area (Å²) < 4.78 is 10.3. The van der Waals surface area contributed by atoms with Crippen molar-refractivity contribution in [2.24, 2.45) is 0 Å². The molecule has 0 fully saturated rings. The number of ether oxygens (including phenoxy) is 2. The van der Waals surface area contributed by atoms with E-state index in [0.29, 0.717) is 35.9 Å². The predicted octanol–water partition coefficient (Wildman–Crippen LogP) is 4.91. The van der Waals surface area contributed by atoms with E-state index >= 15 is 0 Å². The Morgan fingerprint density at radius 3 is 1.39 bits per heavy atom. The lowest BCUT2D eigenvalue weighted by atomic mass is 10.2. The van der Waals surface area contributed by atoms with Crippen molar-refractivity contribution in [1.29, 1.82) is 0 Å². The number of hydrogen-bond donors (Lipinski definition) is 2. The molecule has 0 spiro atoms. The van der Waals surface area contributed by atoms with Crippen molar-refractivity contribution in [3.05, 3.63) is 71.8 Å². The molecule has 0 saturated carbocycles. The molecule has 38 heavy (non-hydrogen) atoms. The van der Waals surface area contributed by atoms with Gasteiger partial charge in [0.05, 0.1) is 25.0 Å². The maximum atomic E-state index is 11.8. The van der Waals surface area contributed by atoms with Gasteiger partial charge in [0, 0.05) is 46.0 Å². The molecule has 6 nitrogen and oxygen atoms in total. The van der Waals surface area contributed by atoms with Gasteiger partial charge in [0.1, 0.15) is 13.2 Å². The fraction of sp³-hybridized carbons (Fsp3) is 0.500. The topological polar surface area (TPSA) is 93.1 Å². The van der Waals surface area contributed by atoms with Crippen LogP contribution in [0, 0.1) is 0 Å². The molecule has 10 heteroatoms. The summed E-state index contributed by atoms with van der Waals surface area (Å²) in [6.07, 6.45) is -0.721. The van der Waals surface area contributed by atoms with Crippen molar-refractivity contribution < 1.29 is 29.3 Å². The van der Waals surface area contributed by atoms with Gasteiger partial charge in [-0.15, -0.1) is 0 Å². The first-order valence-electron chi connectivity index (χ1n) is 12.6. The third-order valence-electron chi connectivity index (χ3n) is 4.99. The van der Waals surface area contributed by atoms with Crippen molar-refractivity contribution >= 4 is 59.0 Å². The molecule has 0 aliphatic carbocycles. The van der Waals surface area contributed by atoms with Crippen molar-refractivity contribution in [2.45, 2.75) is 36.6 Å². The smallest absolute Gasteiger partial charge is 0.306 e. The van der Waals surface area contributed by atoms with Gasteiger partial charge in [0.15, 0.2) is 0 Å². The molecule has 0 aromatic heterocycles. The van der Waals surface area contributed by atoms with E-state index in [1.165, 1.54) is 11.1 Å². The number of carbonyl (C=O) groups is 2. The number of esters is 2. The summed E-state index contributed by atoms with van der Waals surface area (Å²) in [5.74, 6) is 5.11. The van der Waals surface area contributed by atoms with E-state index in [1.807, 2.05) is 36.4 Å². The first-order chi connectivity index (χ1) is 18.5. The number of benzene rings is 2. The monoisotopic (exact) mass is 598 g/mol. The highest BCUT2D eigenvalue weighted by atomic mass is 32.2. The Kier molecular flexibility index (Phi) is 18.6. The van der Waals surface area contributed by atoms with Crippen LogP contribution >= 0.6 is 47.0 Å². The van der Waals surface area contributed by atoms with Gasteiger partial charge in [-0.3, -0.25) is 9.59 Å². The van der Waals surface area contributed by atoms with Gasteiger partial charge in [-0.25, -0.2) is 0 Å². The predicted molar refractivity (Wildman–Crippen MR) is 163 cm³/mol.